The second kappa shape index (κ2) is 12.4. The number of rotatable bonds is 12. The third-order valence-corrected chi connectivity index (χ3v) is 5.61. The highest BCUT2D eigenvalue weighted by atomic mass is 31.2. The Bertz CT molecular complexity index is 934. The summed E-state index contributed by atoms with van der Waals surface area (Å²) in [7, 11) is -0.381. The van der Waals surface area contributed by atoms with Crippen LogP contribution in [0.1, 0.15) is 33.4 Å². The molecule has 0 radical (unpaired) electrons. The van der Waals surface area contributed by atoms with Gasteiger partial charge in [0.1, 0.15) is 18.0 Å². The van der Waals surface area contributed by atoms with Crippen molar-refractivity contribution in [2.24, 2.45) is 0 Å². The highest BCUT2D eigenvalue weighted by molar-refractivity contribution is 7.45. The molecule has 10 nitrogen and oxygen atoms in total. The van der Waals surface area contributed by atoms with E-state index in [0.717, 1.165) is 0 Å². The summed E-state index contributed by atoms with van der Waals surface area (Å²) in [5.41, 5.74) is -1.03. The minimum atomic E-state index is -1.69. The van der Waals surface area contributed by atoms with E-state index in [-0.39, 0.29) is 12.7 Å². The van der Waals surface area contributed by atoms with Crippen LogP contribution in [0.2, 0.25) is 0 Å². The summed E-state index contributed by atoms with van der Waals surface area (Å²) in [6, 6.07) is 9.69. The number of hydrogen-bond acceptors (Lipinski definition) is 8. The Morgan fingerprint density at radius 1 is 1.19 bits per heavy atom. The Balaban J connectivity index is 2.03. The molecule has 1 heterocycles. The first-order valence-corrected chi connectivity index (χ1v) is 11.0. The largest absolute Gasteiger partial charge is 0.468 e. The summed E-state index contributed by atoms with van der Waals surface area (Å²) in [5, 5.41) is 2.99. The van der Waals surface area contributed by atoms with E-state index in [1.165, 1.54) is 23.9 Å². The molecule has 2 unspecified atom stereocenters. The van der Waals surface area contributed by atoms with Crippen LogP contribution in [-0.2, 0) is 18.8 Å². The Morgan fingerprint density at radius 2 is 1.90 bits per heavy atom. The molecule has 0 aliphatic heterocycles. The van der Waals surface area contributed by atoms with Crippen molar-refractivity contribution < 1.29 is 23.3 Å². The fourth-order valence-electron chi connectivity index (χ4n) is 2.52. The van der Waals surface area contributed by atoms with Crippen molar-refractivity contribution in [1.82, 2.24) is 14.6 Å². The fourth-order valence-corrected chi connectivity index (χ4v) is 3.73. The zero-order valence-electron chi connectivity index (χ0n) is 17.9. The zero-order valence-corrected chi connectivity index (χ0v) is 18.8. The van der Waals surface area contributed by atoms with E-state index in [1.807, 2.05) is 25.1 Å². The van der Waals surface area contributed by atoms with Gasteiger partial charge in [0.2, 0.25) is 0 Å². The van der Waals surface area contributed by atoms with Crippen LogP contribution in [0.25, 0.3) is 0 Å². The number of benzene rings is 1. The van der Waals surface area contributed by atoms with Gasteiger partial charge in [-0.1, -0.05) is 25.1 Å². The van der Waals surface area contributed by atoms with Crippen molar-refractivity contribution >= 4 is 14.5 Å². The normalized spacial score (nSPS) is 15.0. The molecule has 0 amide bonds. The molecule has 31 heavy (non-hydrogen) atoms. The third kappa shape index (κ3) is 7.91. The molecule has 11 heteroatoms. The molecule has 0 saturated carbocycles. The number of esters is 1. The Hall–Kier alpha value is -2.52. The maximum absolute atomic E-state index is 12.0. The van der Waals surface area contributed by atoms with Crippen molar-refractivity contribution in [3.05, 3.63) is 63.4 Å². The molecular formula is C20H28N3O7P. The first-order chi connectivity index (χ1) is 14.8. The minimum absolute atomic E-state index is 0.151. The van der Waals surface area contributed by atoms with Crippen LogP contribution in [0.5, 0.6) is 5.75 Å². The molecular weight excluding hydrogens is 425 g/mol. The van der Waals surface area contributed by atoms with E-state index in [0.29, 0.717) is 12.2 Å². The number of aromatic amines is 1. The maximum Gasteiger partial charge on any atom is 0.330 e. The maximum atomic E-state index is 12.0. The van der Waals surface area contributed by atoms with Crippen LogP contribution < -0.4 is 20.9 Å². The van der Waals surface area contributed by atoms with Gasteiger partial charge >= 0.3 is 20.2 Å². The van der Waals surface area contributed by atoms with Crippen LogP contribution in [0, 0.1) is 0 Å². The van der Waals surface area contributed by atoms with E-state index in [1.54, 1.807) is 26.0 Å². The lowest BCUT2D eigenvalue weighted by molar-refractivity contribution is -0.142. The second-order valence-corrected chi connectivity index (χ2v) is 7.83. The van der Waals surface area contributed by atoms with Crippen molar-refractivity contribution in [3.8, 4) is 5.75 Å². The SMILES string of the molecule is CCC(CO[P@](N[C@@H](C)C(=O)OC)Oc1ccccc1)OC(C)n1ccc(=O)[nH]c1=O. The van der Waals surface area contributed by atoms with Gasteiger partial charge in [0.15, 0.2) is 0 Å². The lowest BCUT2D eigenvalue weighted by atomic mass is 10.3. The van der Waals surface area contributed by atoms with Crippen molar-refractivity contribution in [1.29, 1.82) is 0 Å². The standard InChI is InChI=1S/C20H28N3O7P/c1-5-16(29-15(3)23-12-11-18(24)21-20(23)26)13-28-31(22-14(2)19(25)27-4)30-17-9-7-6-8-10-17/h6-12,14-16,22H,5,13H2,1-4H3,(H,21,24,26)/t14-,15?,16?,31-/m0/s1. The number of aromatic nitrogens is 2. The molecule has 0 saturated heterocycles. The first kappa shape index (κ1) is 24.7. The topological polar surface area (TPSA) is 121 Å². The van der Waals surface area contributed by atoms with E-state index < -0.39 is 38.0 Å². The van der Waals surface area contributed by atoms with Gasteiger partial charge in [-0.25, -0.2) is 9.88 Å². The van der Waals surface area contributed by atoms with Gasteiger partial charge in [-0.2, -0.15) is 0 Å². The number of hydrogen-bond donors (Lipinski definition) is 2. The number of para-hydroxylation sites is 1. The van der Waals surface area contributed by atoms with Gasteiger partial charge in [-0.15, -0.1) is 0 Å². The predicted octanol–water partition coefficient (Wildman–Crippen LogP) is 2.32. The molecule has 1 aromatic carbocycles. The van der Waals surface area contributed by atoms with Gasteiger partial charge in [0, 0.05) is 12.3 Å². The Labute approximate surface area is 181 Å². The number of H-pyrrole nitrogens is 1. The lowest BCUT2D eigenvalue weighted by Gasteiger charge is -2.26. The average Bonchev–Trinajstić information content (AvgIpc) is 2.76. The van der Waals surface area contributed by atoms with Gasteiger partial charge in [-0.05, 0) is 32.4 Å². The van der Waals surface area contributed by atoms with Crippen LogP contribution in [-0.4, -0.2) is 41.4 Å². The second-order valence-electron chi connectivity index (χ2n) is 6.61. The fraction of sp³-hybridized carbons (Fsp3) is 0.450. The van der Waals surface area contributed by atoms with Crippen LogP contribution >= 0.6 is 8.53 Å². The van der Waals surface area contributed by atoms with E-state index in [9.17, 15) is 14.4 Å². The van der Waals surface area contributed by atoms with Gasteiger partial charge in [0.25, 0.3) is 5.56 Å². The minimum Gasteiger partial charge on any atom is -0.468 e. The summed E-state index contributed by atoms with van der Waals surface area (Å²) in [5.74, 6) is 0.141. The quantitative estimate of drug-likeness (QED) is 0.371. The molecule has 4 atom stereocenters. The van der Waals surface area contributed by atoms with Crippen molar-refractivity contribution in [3.63, 3.8) is 0 Å². The van der Waals surface area contributed by atoms with E-state index in [4.69, 9.17) is 18.5 Å². The van der Waals surface area contributed by atoms with Crippen LogP contribution in [0.15, 0.2) is 52.2 Å². The predicted molar refractivity (Wildman–Crippen MR) is 116 cm³/mol. The summed E-state index contributed by atoms with van der Waals surface area (Å²) >= 11 is 0. The molecule has 1 aromatic heterocycles. The smallest absolute Gasteiger partial charge is 0.330 e. The summed E-state index contributed by atoms with van der Waals surface area (Å²) < 4.78 is 23.7. The van der Waals surface area contributed by atoms with Crippen LogP contribution in [0.4, 0.5) is 0 Å². The number of nitrogens with one attached hydrogen (secondary N) is 2. The highest BCUT2D eigenvalue weighted by Gasteiger charge is 2.24. The molecule has 0 bridgehead atoms. The molecule has 2 N–H and O–H groups in total. The van der Waals surface area contributed by atoms with Crippen molar-refractivity contribution in [2.75, 3.05) is 13.7 Å². The van der Waals surface area contributed by atoms with Crippen molar-refractivity contribution in [2.45, 2.75) is 45.6 Å². The molecule has 2 aromatic rings. The lowest BCUT2D eigenvalue weighted by Crippen LogP contribution is -2.35. The van der Waals surface area contributed by atoms with Crippen LogP contribution in [0.3, 0.4) is 0 Å². The number of carbonyl (C=O) groups is 1. The molecule has 0 aliphatic carbocycles. The highest BCUT2D eigenvalue weighted by Crippen LogP contribution is 2.36. The van der Waals surface area contributed by atoms with Gasteiger partial charge in [0.05, 0.1) is 19.8 Å². The number of nitrogens with zero attached hydrogens (tertiary/aromatic N) is 1. The zero-order chi connectivity index (χ0) is 22.8. The van der Waals surface area contributed by atoms with E-state index >= 15 is 0 Å². The molecule has 2 rings (SSSR count). The summed E-state index contributed by atoms with van der Waals surface area (Å²) in [4.78, 5) is 37.2. The number of ether oxygens (including phenoxy) is 2. The molecule has 0 aliphatic rings. The Kier molecular flexibility index (Phi) is 9.87. The average molecular weight is 453 g/mol. The summed E-state index contributed by atoms with van der Waals surface area (Å²) in [6.45, 7) is 5.42. The molecule has 170 valence electrons. The molecule has 0 fully saturated rings. The molecule has 0 spiro atoms. The first-order valence-electron chi connectivity index (χ1n) is 9.81. The van der Waals surface area contributed by atoms with E-state index in [2.05, 4.69) is 10.1 Å². The number of carbonyl (C=O) groups excluding carboxylic acids is 1. The summed E-state index contributed by atoms with van der Waals surface area (Å²) in [6.07, 6.45) is 0.989. The third-order valence-electron chi connectivity index (χ3n) is 4.25. The van der Waals surface area contributed by atoms with Gasteiger partial charge in [-0.3, -0.25) is 19.1 Å². The number of methoxy groups -OCH3 is 1. The monoisotopic (exact) mass is 453 g/mol. The van der Waals surface area contributed by atoms with Gasteiger partial charge < -0.3 is 18.5 Å². The Morgan fingerprint density at radius 3 is 2.52 bits per heavy atom.